The molecule has 0 unspecified atom stereocenters. The zero-order chi connectivity index (χ0) is 35.9. The Bertz CT molecular complexity index is 1440. The van der Waals surface area contributed by atoms with Crippen LogP contribution in [-0.4, -0.2) is 112 Å². The highest BCUT2D eigenvalue weighted by molar-refractivity contribution is 7.46. The molecule has 9 N–H and O–H groups in total. The van der Waals surface area contributed by atoms with E-state index < -0.39 is 87.8 Å². The second kappa shape index (κ2) is 17.2. The molecule has 2 saturated heterocycles. The van der Waals surface area contributed by atoms with Crippen LogP contribution in [0.5, 0.6) is 5.75 Å². The van der Waals surface area contributed by atoms with Gasteiger partial charge in [-0.3, -0.25) is 9.32 Å². The number of para-hydroxylation sites is 1. The summed E-state index contributed by atoms with van der Waals surface area (Å²) in [7, 11) is -5.34. The van der Waals surface area contributed by atoms with Gasteiger partial charge in [-0.05, 0) is 56.6 Å². The Kier molecular flexibility index (Phi) is 13.5. The first kappa shape index (κ1) is 38.6. The van der Waals surface area contributed by atoms with Crippen molar-refractivity contribution in [1.29, 1.82) is 0 Å². The molecule has 0 aliphatic carbocycles. The molecule has 0 spiro atoms. The number of carbonyl (C=O) groups is 2. The lowest BCUT2D eigenvalue weighted by molar-refractivity contribution is -0.277. The maximum absolute atomic E-state index is 13.2. The Morgan fingerprint density at radius 1 is 1.00 bits per heavy atom. The number of hydrogen-bond acceptors (Lipinski definition) is 15. The van der Waals surface area contributed by atoms with Crippen molar-refractivity contribution in [3.05, 3.63) is 59.7 Å². The van der Waals surface area contributed by atoms with Crippen LogP contribution in [0.4, 0.5) is 5.69 Å². The highest BCUT2D eigenvalue weighted by Crippen LogP contribution is 2.42. The lowest BCUT2D eigenvalue weighted by atomic mass is 9.98. The van der Waals surface area contributed by atoms with Gasteiger partial charge in [0.25, 0.3) is 0 Å². The first-order chi connectivity index (χ1) is 23.1. The number of nitrogens with two attached hydrogens (primary N) is 2. The van der Waals surface area contributed by atoms with Crippen LogP contribution in [0.15, 0.2) is 48.5 Å². The van der Waals surface area contributed by atoms with E-state index in [1.165, 1.54) is 25.1 Å². The van der Waals surface area contributed by atoms with Crippen molar-refractivity contribution in [3.8, 4) is 5.75 Å². The molecular formula is C31H43N2O15P. The Morgan fingerprint density at radius 3 is 2.35 bits per heavy atom. The van der Waals surface area contributed by atoms with E-state index in [1.807, 2.05) is 0 Å². The summed E-state index contributed by atoms with van der Waals surface area (Å²) in [6, 6.07) is 12.5. The molecule has 272 valence electrons. The Morgan fingerprint density at radius 2 is 1.69 bits per heavy atom. The maximum atomic E-state index is 13.2. The second-order valence-electron chi connectivity index (χ2n) is 11.8. The molecule has 18 heteroatoms. The number of phosphoric acid groups is 1. The fourth-order valence-electron chi connectivity index (χ4n) is 5.24. The van der Waals surface area contributed by atoms with Crippen molar-refractivity contribution in [1.82, 2.24) is 0 Å². The quantitative estimate of drug-likeness (QED) is 0.0779. The molecule has 2 aromatic carbocycles. The second-order valence-corrected chi connectivity index (χ2v) is 13.0. The minimum Gasteiger partial charge on any atom is -0.463 e. The van der Waals surface area contributed by atoms with Gasteiger partial charge in [0, 0.05) is 12.1 Å². The number of hydrogen-bond donors (Lipinski definition) is 7. The largest absolute Gasteiger partial charge is 0.470 e. The molecule has 49 heavy (non-hydrogen) atoms. The van der Waals surface area contributed by atoms with Gasteiger partial charge in [0.2, 0.25) is 6.29 Å². The van der Waals surface area contributed by atoms with Gasteiger partial charge in [0.1, 0.15) is 36.8 Å². The summed E-state index contributed by atoms with van der Waals surface area (Å²) in [5.74, 6) is -1.66. The summed E-state index contributed by atoms with van der Waals surface area (Å²) in [4.78, 5) is 45.4. The van der Waals surface area contributed by atoms with Gasteiger partial charge >= 0.3 is 19.8 Å². The Hall–Kier alpha value is -3.19. The summed E-state index contributed by atoms with van der Waals surface area (Å²) in [5, 5.41) is 31.2. The zero-order valence-corrected chi connectivity index (χ0v) is 27.7. The van der Waals surface area contributed by atoms with E-state index >= 15 is 0 Å². The molecule has 2 heterocycles. The van der Waals surface area contributed by atoms with E-state index in [2.05, 4.69) is 0 Å². The molecule has 0 bridgehead atoms. The van der Waals surface area contributed by atoms with Gasteiger partial charge in [0.05, 0.1) is 30.3 Å². The molecule has 2 aromatic rings. The SMILES string of the molecule is C[C@H](CC(=O)OC[C@H]1O[C@@H](Oc2ccc(CCN)cc2)[C@H](OC(=O)c2ccccc2N)[C@@H](OP(=O)(O)O)[C@@H]1O)O[C@@H]1O[C@@H](C)[C@H](O)C[C@H]1O. The fraction of sp³-hybridized carbons (Fsp3) is 0.548. The predicted molar refractivity (Wildman–Crippen MR) is 169 cm³/mol. The van der Waals surface area contributed by atoms with E-state index in [0.29, 0.717) is 13.0 Å². The van der Waals surface area contributed by atoms with E-state index in [-0.39, 0.29) is 29.8 Å². The summed E-state index contributed by atoms with van der Waals surface area (Å²) < 4.78 is 50.8. The van der Waals surface area contributed by atoms with Gasteiger partial charge in [-0.1, -0.05) is 24.3 Å². The van der Waals surface area contributed by atoms with E-state index in [9.17, 15) is 39.3 Å². The van der Waals surface area contributed by atoms with Gasteiger partial charge < -0.3 is 65.0 Å². The molecular weight excluding hydrogens is 671 g/mol. The van der Waals surface area contributed by atoms with Gasteiger partial charge in [-0.15, -0.1) is 0 Å². The number of aliphatic hydroxyl groups excluding tert-OH is 3. The summed E-state index contributed by atoms with van der Waals surface area (Å²) >= 11 is 0. The summed E-state index contributed by atoms with van der Waals surface area (Å²) in [5.41, 5.74) is 12.4. The average molecular weight is 715 g/mol. The number of carbonyl (C=O) groups excluding carboxylic acids is 2. The minimum absolute atomic E-state index is 0.0217. The van der Waals surface area contributed by atoms with Crippen molar-refractivity contribution >= 4 is 25.4 Å². The Balaban J connectivity index is 1.51. The molecule has 2 aliphatic heterocycles. The highest BCUT2D eigenvalue weighted by atomic mass is 31.2. The number of esters is 2. The summed E-state index contributed by atoms with van der Waals surface area (Å²) in [6.07, 6.45) is -13.0. The number of benzene rings is 2. The molecule has 0 aromatic heterocycles. The lowest BCUT2D eigenvalue weighted by Gasteiger charge is -2.43. The molecule has 0 radical (unpaired) electrons. The van der Waals surface area contributed by atoms with Crippen molar-refractivity contribution in [2.45, 2.75) is 94.5 Å². The lowest BCUT2D eigenvalue weighted by Crippen LogP contribution is -2.62. The third-order valence-corrected chi connectivity index (χ3v) is 8.34. The number of anilines is 1. The van der Waals surface area contributed by atoms with Crippen LogP contribution >= 0.6 is 7.82 Å². The smallest absolute Gasteiger partial charge is 0.463 e. The number of aliphatic hydroxyl groups is 3. The number of ether oxygens (including phenoxy) is 6. The first-order valence-electron chi connectivity index (χ1n) is 15.6. The van der Waals surface area contributed by atoms with Crippen LogP contribution < -0.4 is 16.2 Å². The topological polar surface area (TPSA) is 269 Å². The standard InChI is InChI=1S/C31H43N2O15P/c1-16(43-30-23(35)14-22(34)17(2)44-30)13-25(36)42-15-24-26(37)27(48-49(39,40)41)28(47-29(38)20-5-3-4-6-21(20)33)31(46-24)45-19-9-7-18(8-10-19)11-12-32/h3-10,16-17,22-24,26-28,30-31,34-35,37H,11-15,32-33H2,1-2H3,(H2,39,40,41)/t16-,17+,22-,23-,24-,26-,27+,28-,30-,31-/m1/s1. The molecule has 4 rings (SSSR count). The van der Waals surface area contributed by atoms with Crippen molar-refractivity contribution in [2.24, 2.45) is 5.73 Å². The van der Waals surface area contributed by atoms with Gasteiger partial charge in [-0.2, -0.15) is 0 Å². The van der Waals surface area contributed by atoms with Crippen LogP contribution in [0.25, 0.3) is 0 Å². The summed E-state index contributed by atoms with van der Waals surface area (Å²) in [6.45, 7) is 2.89. The third-order valence-electron chi connectivity index (χ3n) is 7.83. The van der Waals surface area contributed by atoms with Crippen molar-refractivity contribution in [2.75, 3.05) is 18.9 Å². The van der Waals surface area contributed by atoms with Gasteiger partial charge in [-0.25, -0.2) is 9.36 Å². The monoisotopic (exact) mass is 714 g/mol. The van der Waals surface area contributed by atoms with Crippen LogP contribution in [-0.2, 0) is 44.0 Å². The normalized spacial score (nSPS) is 29.5. The van der Waals surface area contributed by atoms with Crippen molar-refractivity contribution in [3.63, 3.8) is 0 Å². The molecule has 17 nitrogen and oxygen atoms in total. The predicted octanol–water partition coefficient (Wildman–Crippen LogP) is 0.133. The van der Waals surface area contributed by atoms with E-state index in [4.69, 9.17) is 44.4 Å². The van der Waals surface area contributed by atoms with E-state index in [0.717, 1.165) is 5.56 Å². The van der Waals surface area contributed by atoms with Gasteiger partial charge in [0.15, 0.2) is 12.4 Å². The molecule has 0 saturated carbocycles. The molecule has 2 aliphatic rings. The Labute approximate surface area is 282 Å². The number of phosphoric ester groups is 1. The molecule has 10 atom stereocenters. The van der Waals surface area contributed by atoms with Crippen LogP contribution in [0.1, 0.15) is 42.6 Å². The molecule has 2 fully saturated rings. The highest BCUT2D eigenvalue weighted by Gasteiger charge is 2.52. The molecule has 0 amide bonds. The van der Waals surface area contributed by atoms with Crippen LogP contribution in [0.2, 0.25) is 0 Å². The van der Waals surface area contributed by atoms with Crippen LogP contribution in [0, 0.1) is 0 Å². The number of rotatable bonds is 14. The van der Waals surface area contributed by atoms with Crippen LogP contribution in [0.3, 0.4) is 0 Å². The maximum Gasteiger partial charge on any atom is 0.470 e. The first-order valence-corrected chi connectivity index (χ1v) is 17.1. The number of nitrogen functional groups attached to an aromatic ring is 1. The minimum atomic E-state index is -5.34. The fourth-order valence-corrected chi connectivity index (χ4v) is 5.81. The zero-order valence-electron chi connectivity index (χ0n) is 26.8. The van der Waals surface area contributed by atoms with Crippen molar-refractivity contribution < 1.29 is 72.2 Å². The average Bonchev–Trinajstić information content (AvgIpc) is 3.02. The third kappa shape index (κ3) is 10.9. The van der Waals surface area contributed by atoms with E-state index in [1.54, 1.807) is 37.3 Å².